The van der Waals surface area contributed by atoms with Gasteiger partial charge in [-0.25, -0.2) is 0 Å². The minimum Gasteiger partial charge on any atom is -0.490 e. The van der Waals surface area contributed by atoms with Crippen LogP contribution in [0.25, 0.3) is 0 Å². The van der Waals surface area contributed by atoms with Gasteiger partial charge in [-0.3, -0.25) is 0 Å². The van der Waals surface area contributed by atoms with Crippen molar-refractivity contribution in [2.45, 2.75) is 26.7 Å². The van der Waals surface area contributed by atoms with Crippen molar-refractivity contribution in [3.05, 3.63) is 35.9 Å². The van der Waals surface area contributed by atoms with E-state index in [-0.39, 0.29) is 0 Å². The predicted molar refractivity (Wildman–Crippen MR) is 75.3 cm³/mol. The molecule has 0 amide bonds. The molecule has 0 aliphatic heterocycles. The highest BCUT2D eigenvalue weighted by Crippen LogP contribution is 2.28. The first-order valence-electron chi connectivity index (χ1n) is 6.40. The fourth-order valence-electron chi connectivity index (χ4n) is 1.60. The lowest BCUT2D eigenvalue weighted by molar-refractivity contribution is 0.279. The Morgan fingerprint density at radius 3 is 2.67 bits per heavy atom. The van der Waals surface area contributed by atoms with Crippen LogP contribution in [0.1, 0.15) is 25.8 Å². The van der Waals surface area contributed by atoms with E-state index in [1.54, 1.807) is 0 Å². The van der Waals surface area contributed by atoms with Crippen molar-refractivity contribution in [3.8, 4) is 11.5 Å². The molecule has 3 nitrogen and oxygen atoms in total. The molecule has 100 valence electrons. The largest absolute Gasteiger partial charge is 0.490 e. The molecule has 0 saturated carbocycles. The van der Waals surface area contributed by atoms with Gasteiger partial charge in [0.05, 0.1) is 13.2 Å². The molecule has 0 saturated heterocycles. The molecule has 0 unspecified atom stereocenters. The van der Waals surface area contributed by atoms with Gasteiger partial charge >= 0.3 is 0 Å². The van der Waals surface area contributed by atoms with Crippen molar-refractivity contribution in [1.29, 1.82) is 0 Å². The second-order valence-electron chi connectivity index (χ2n) is 4.31. The first-order chi connectivity index (χ1) is 8.67. The number of nitrogens with two attached hydrogens (primary N) is 1. The van der Waals surface area contributed by atoms with Crippen LogP contribution >= 0.6 is 0 Å². The molecule has 0 aromatic heterocycles. The summed E-state index contributed by atoms with van der Waals surface area (Å²) in [7, 11) is 0. The third-order valence-electron chi connectivity index (χ3n) is 2.53. The Kier molecular flexibility index (Phi) is 6.29. The molecule has 1 aromatic carbocycles. The minimum atomic E-state index is 0.628. The Hall–Kier alpha value is -1.48. The van der Waals surface area contributed by atoms with Gasteiger partial charge < -0.3 is 15.2 Å². The molecule has 0 atom stereocenters. The molecule has 0 fully saturated rings. The van der Waals surface area contributed by atoms with Gasteiger partial charge in [0.25, 0.3) is 0 Å². The fourth-order valence-corrected chi connectivity index (χ4v) is 1.60. The molecule has 0 aliphatic rings. The van der Waals surface area contributed by atoms with Crippen molar-refractivity contribution in [3.63, 3.8) is 0 Å². The van der Waals surface area contributed by atoms with E-state index in [2.05, 4.69) is 6.58 Å². The normalized spacial score (nSPS) is 10.2. The summed E-state index contributed by atoms with van der Waals surface area (Å²) in [6.45, 7) is 9.72. The van der Waals surface area contributed by atoms with Crippen LogP contribution in [-0.4, -0.2) is 19.8 Å². The number of benzene rings is 1. The van der Waals surface area contributed by atoms with E-state index in [1.165, 1.54) is 5.56 Å². The summed E-state index contributed by atoms with van der Waals surface area (Å²) >= 11 is 0. The Bertz CT molecular complexity index is 388. The molecule has 0 radical (unpaired) electrons. The number of hydrogen-bond donors (Lipinski definition) is 1. The number of ether oxygens (including phenoxy) is 2. The molecule has 0 aliphatic carbocycles. The molecular weight excluding hydrogens is 226 g/mol. The summed E-state index contributed by atoms with van der Waals surface area (Å²) in [6, 6.07) is 5.99. The average molecular weight is 249 g/mol. The van der Waals surface area contributed by atoms with Crippen molar-refractivity contribution < 1.29 is 9.47 Å². The van der Waals surface area contributed by atoms with Gasteiger partial charge in [0.1, 0.15) is 0 Å². The minimum absolute atomic E-state index is 0.628. The van der Waals surface area contributed by atoms with E-state index < -0.39 is 0 Å². The van der Waals surface area contributed by atoms with Crippen LogP contribution in [0.3, 0.4) is 0 Å². The third-order valence-corrected chi connectivity index (χ3v) is 2.53. The Balaban J connectivity index is 2.72. The molecule has 1 rings (SSSR count). The van der Waals surface area contributed by atoms with Gasteiger partial charge in [-0.1, -0.05) is 11.6 Å². The maximum Gasteiger partial charge on any atom is 0.161 e. The fraction of sp³-hybridized carbons (Fsp3) is 0.467. The van der Waals surface area contributed by atoms with Crippen LogP contribution in [0, 0.1) is 0 Å². The standard InChI is InChI=1S/C15H23NO2/c1-4-17-15-11-13(7-9-16)5-6-14(15)18-10-8-12(2)3/h5-6,11H,2,4,7-10,16H2,1,3H3. The van der Waals surface area contributed by atoms with Crippen LogP contribution in [0.4, 0.5) is 0 Å². The summed E-state index contributed by atoms with van der Waals surface area (Å²) in [5.41, 5.74) is 7.85. The lowest BCUT2D eigenvalue weighted by atomic mass is 10.1. The Morgan fingerprint density at radius 2 is 2.06 bits per heavy atom. The zero-order chi connectivity index (χ0) is 13.4. The number of hydrogen-bond acceptors (Lipinski definition) is 3. The van der Waals surface area contributed by atoms with Crippen LogP contribution < -0.4 is 15.2 Å². The lowest BCUT2D eigenvalue weighted by Crippen LogP contribution is -2.05. The highest BCUT2D eigenvalue weighted by Gasteiger charge is 2.06. The van der Waals surface area contributed by atoms with Gasteiger partial charge in [-0.2, -0.15) is 0 Å². The molecule has 0 spiro atoms. The van der Waals surface area contributed by atoms with Crippen molar-refractivity contribution in [2.24, 2.45) is 5.73 Å². The van der Waals surface area contributed by atoms with Crippen molar-refractivity contribution >= 4 is 0 Å². The van der Waals surface area contributed by atoms with Crippen molar-refractivity contribution in [2.75, 3.05) is 19.8 Å². The average Bonchev–Trinajstić information content (AvgIpc) is 2.32. The molecule has 1 aromatic rings. The van der Waals surface area contributed by atoms with E-state index in [1.807, 2.05) is 32.0 Å². The number of rotatable bonds is 8. The second kappa shape index (κ2) is 7.77. The zero-order valence-electron chi connectivity index (χ0n) is 11.4. The summed E-state index contributed by atoms with van der Waals surface area (Å²) in [5.74, 6) is 1.59. The van der Waals surface area contributed by atoms with Gasteiger partial charge in [0.2, 0.25) is 0 Å². The highest BCUT2D eigenvalue weighted by atomic mass is 16.5. The summed E-state index contributed by atoms with van der Waals surface area (Å²) in [5, 5.41) is 0. The first kappa shape index (κ1) is 14.6. The second-order valence-corrected chi connectivity index (χ2v) is 4.31. The smallest absolute Gasteiger partial charge is 0.161 e. The van der Waals surface area contributed by atoms with Gasteiger partial charge in [-0.15, -0.1) is 6.58 Å². The molecule has 0 bridgehead atoms. The Labute approximate surface area is 110 Å². The topological polar surface area (TPSA) is 44.5 Å². The zero-order valence-corrected chi connectivity index (χ0v) is 11.4. The van der Waals surface area contributed by atoms with E-state index in [0.717, 1.165) is 29.9 Å². The molecule has 2 N–H and O–H groups in total. The quantitative estimate of drug-likeness (QED) is 0.720. The van der Waals surface area contributed by atoms with Gasteiger partial charge in [0, 0.05) is 6.42 Å². The summed E-state index contributed by atoms with van der Waals surface area (Å²) in [6.07, 6.45) is 1.71. The van der Waals surface area contributed by atoms with E-state index >= 15 is 0 Å². The summed E-state index contributed by atoms with van der Waals surface area (Å²) < 4.78 is 11.3. The van der Waals surface area contributed by atoms with Crippen LogP contribution in [0.5, 0.6) is 11.5 Å². The predicted octanol–water partition coefficient (Wildman–Crippen LogP) is 2.93. The van der Waals surface area contributed by atoms with Gasteiger partial charge in [0.15, 0.2) is 11.5 Å². The molecule has 0 heterocycles. The van der Waals surface area contributed by atoms with Gasteiger partial charge in [-0.05, 0) is 44.5 Å². The van der Waals surface area contributed by atoms with E-state index in [4.69, 9.17) is 15.2 Å². The first-order valence-corrected chi connectivity index (χ1v) is 6.40. The van der Waals surface area contributed by atoms with Crippen LogP contribution in [0.2, 0.25) is 0 Å². The molecule has 3 heteroatoms. The third kappa shape index (κ3) is 4.80. The lowest BCUT2D eigenvalue weighted by Gasteiger charge is -2.13. The maximum atomic E-state index is 5.72. The molecular formula is C15H23NO2. The SMILES string of the molecule is C=C(C)CCOc1ccc(CCN)cc1OCC. The highest BCUT2D eigenvalue weighted by molar-refractivity contribution is 5.43. The van der Waals surface area contributed by atoms with Crippen LogP contribution in [-0.2, 0) is 6.42 Å². The molecule has 18 heavy (non-hydrogen) atoms. The van der Waals surface area contributed by atoms with E-state index in [9.17, 15) is 0 Å². The summed E-state index contributed by atoms with van der Waals surface area (Å²) in [4.78, 5) is 0. The van der Waals surface area contributed by atoms with Crippen LogP contribution in [0.15, 0.2) is 30.4 Å². The monoisotopic (exact) mass is 249 g/mol. The van der Waals surface area contributed by atoms with E-state index in [0.29, 0.717) is 19.8 Å². The Morgan fingerprint density at radius 1 is 1.28 bits per heavy atom. The maximum absolute atomic E-state index is 5.72. The van der Waals surface area contributed by atoms with Crippen molar-refractivity contribution in [1.82, 2.24) is 0 Å².